The number of aryl methyl sites for hydroxylation is 1. The standard InChI is InChI=1S/C29H35N3O3/c1-23-10-9-15-30-27(23)21-32-16-7-8-18-34-22-25(20-24-11-3-2-4-12-24)31-29(33)26-13-5-6-14-28(26)35-19-17-32/h2-6,9-15,25H,7-8,16-22H2,1H3,(H,31,33)/t25-/m0/s1. The third-order valence-corrected chi connectivity index (χ3v) is 6.28. The number of aromatic nitrogens is 1. The summed E-state index contributed by atoms with van der Waals surface area (Å²) in [6, 6.07) is 21.6. The van der Waals surface area contributed by atoms with Crippen molar-refractivity contribution in [3.63, 3.8) is 0 Å². The molecule has 1 atom stereocenters. The lowest BCUT2D eigenvalue weighted by molar-refractivity contribution is 0.0823. The quantitative estimate of drug-likeness (QED) is 0.608. The molecule has 3 aromatic rings. The molecule has 1 aliphatic heterocycles. The van der Waals surface area contributed by atoms with Crippen LogP contribution in [-0.2, 0) is 17.7 Å². The van der Waals surface area contributed by atoms with E-state index < -0.39 is 0 Å². The third kappa shape index (κ3) is 7.64. The molecule has 0 saturated carbocycles. The maximum absolute atomic E-state index is 13.2. The summed E-state index contributed by atoms with van der Waals surface area (Å²) in [6.45, 7) is 6.21. The second-order valence-electron chi connectivity index (χ2n) is 9.03. The van der Waals surface area contributed by atoms with Gasteiger partial charge in [0.05, 0.1) is 23.9 Å². The van der Waals surface area contributed by atoms with Crippen LogP contribution in [0.4, 0.5) is 0 Å². The molecule has 35 heavy (non-hydrogen) atoms. The number of nitrogens with one attached hydrogen (secondary N) is 1. The summed E-state index contributed by atoms with van der Waals surface area (Å²) in [4.78, 5) is 20.2. The number of amides is 1. The number of ether oxygens (including phenoxy) is 2. The smallest absolute Gasteiger partial charge is 0.255 e. The Bertz CT molecular complexity index is 1070. The molecule has 1 amide bonds. The van der Waals surface area contributed by atoms with Gasteiger partial charge < -0.3 is 14.8 Å². The molecule has 0 saturated heterocycles. The number of pyridine rings is 1. The molecule has 0 aliphatic carbocycles. The molecule has 1 N–H and O–H groups in total. The van der Waals surface area contributed by atoms with Gasteiger partial charge in [0.2, 0.25) is 0 Å². The number of hydrogen-bond donors (Lipinski definition) is 1. The number of benzene rings is 2. The van der Waals surface area contributed by atoms with E-state index in [1.54, 1.807) is 0 Å². The monoisotopic (exact) mass is 473 g/mol. The van der Waals surface area contributed by atoms with E-state index in [1.807, 2.05) is 54.7 Å². The van der Waals surface area contributed by atoms with Gasteiger partial charge in [-0.25, -0.2) is 0 Å². The van der Waals surface area contributed by atoms with Crippen LogP contribution in [-0.4, -0.2) is 54.7 Å². The number of rotatable bonds is 4. The minimum atomic E-state index is -0.138. The first-order valence-corrected chi connectivity index (χ1v) is 12.5. The van der Waals surface area contributed by atoms with Crippen molar-refractivity contribution in [1.82, 2.24) is 15.2 Å². The van der Waals surface area contributed by atoms with Crippen molar-refractivity contribution in [2.75, 3.05) is 32.9 Å². The van der Waals surface area contributed by atoms with Crippen molar-refractivity contribution in [2.45, 2.75) is 38.8 Å². The SMILES string of the molecule is Cc1cccnc1CN1CCCCOC[C@H](Cc2ccccc2)NC(=O)c2ccccc2OCC1. The van der Waals surface area contributed by atoms with Gasteiger partial charge >= 0.3 is 0 Å². The first-order valence-electron chi connectivity index (χ1n) is 12.5. The van der Waals surface area contributed by atoms with Gasteiger partial charge in [0.15, 0.2) is 0 Å². The van der Waals surface area contributed by atoms with Crippen molar-refractivity contribution in [3.05, 3.63) is 95.3 Å². The van der Waals surface area contributed by atoms with Gasteiger partial charge in [0.25, 0.3) is 5.91 Å². The van der Waals surface area contributed by atoms with E-state index in [2.05, 4.69) is 40.3 Å². The summed E-state index contributed by atoms with van der Waals surface area (Å²) < 4.78 is 12.2. The molecule has 2 heterocycles. The van der Waals surface area contributed by atoms with E-state index in [0.29, 0.717) is 37.6 Å². The molecular formula is C29H35N3O3. The normalized spacial score (nSPS) is 18.4. The summed E-state index contributed by atoms with van der Waals surface area (Å²) in [6.07, 6.45) is 4.55. The topological polar surface area (TPSA) is 63.7 Å². The van der Waals surface area contributed by atoms with Gasteiger partial charge in [0, 0.05) is 25.9 Å². The average Bonchev–Trinajstić information content (AvgIpc) is 2.88. The maximum atomic E-state index is 13.2. The molecule has 1 aliphatic rings. The first kappa shape index (κ1) is 24.9. The van der Waals surface area contributed by atoms with E-state index in [0.717, 1.165) is 38.2 Å². The molecule has 4 rings (SSSR count). The van der Waals surface area contributed by atoms with Gasteiger partial charge in [-0.3, -0.25) is 14.7 Å². The Balaban J connectivity index is 1.48. The zero-order valence-corrected chi connectivity index (χ0v) is 20.5. The molecule has 0 spiro atoms. The zero-order valence-electron chi connectivity index (χ0n) is 20.5. The molecule has 0 bridgehead atoms. The fourth-order valence-corrected chi connectivity index (χ4v) is 4.31. The Kier molecular flexibility index (Phi) is 9.26. The lowest BCUT2D eigenvalue weighted by Crippen LogP contribution is -2.40. The molecule has 1 aromatic heterocycles. The number of fused-ring (bicyclic) bond motifs is 1. The average molecular weight is 474 g/mol. The lowest BCUT2D eigenvalue weighted by atomic mass is 10.1. The lowest BCUT2D eigenvalue weighted by Gasteiger charge is -2.23. The van der Waals surface area contributed by atoms with Crippen LogP contribution >= 0.6 is 0 Å². The minimum Gasteiger partial charge on any atom is -0.491 e. The van der Waals surface area contributed by atoms with Crippen LogP contribution in [0.3, 0.4) is 0 Å². The Morgan fingerprint density at radius 3 is 2.66 bits per heavy atom. The van der Waals surface area contributed by atoms with E-state index in [4.69, 9.17) is 9.47 Å². The van der Waals surface area contributed by atoms with Gasteiger partial charge in [-0.2, -0.15) is 0 Å². The largest absolute Gasteiger partial charge is 0.491 e. The first-order chi connectivity index (χ1) is 17.2. The van der Waals surface area contributed by atoms with Gasteiger partial charge in [-0.1, -0.05) is 48.5 Å². The Labute approximate surface area is 208 Å². The van der Waals surface area contributed by atoms with E-state index in [9.17, 15) is 4.79 Å². The zero-order chi connectivity index (χ0) is 24.3. The van der Waals surface area contributed by atoms with Crippen LogP contribution < -0.4 is 10.1 Å². The molecule has 184 valence electrons. The summed E-state index contributed by atoms with van der Waals surface area (Å²) in [5.41, 5.74) is 4.00. The second-order valence-corrected chi connectivity index (χ2v) is 9.03. The number of para-hydroxylation sites is 1. The van der Waals surface area contributed by atoms with Crippen LogP contribution in [0.2, 0.25) is 0 Å². The van der Waals surface area contributed by atoms with Gasteiger partial charge in [-0.05, 0) is 62.1 Å². The highest BCUT2D eigenvalue weighted by atomic mass is 16.5. The summed E-state index contributed by atoms with van der Waals surface area (Å²) >= 11 is 0. The van der Waals surface area contributed by atoms with E-state index in [1.165, 1.54) is 11.1 Å². The predicted molar refractivity (Wildman–Crippen MR) is 138 cm³/mol. The molecule has 6 nitrogen and oxygen atoms in total. The van der Waals surface area contributed by atoms with Crippen molar-refractivity contribution in [2.24, 2.45) is 0 Å². The van der Waals surface area contributed by atoms with Gasteiger partial charge in [-0.15, -0.1) is 0 Å². The Morgan fingerprint density at radius 1 is 0.971 bits per heavy atom. The van der Waals surface area contributed by atoms with Crippen LogP contribution in [0.25, 0.3) is 0 Å². The fourth-order valence-electron chi connectivity index (χ4n) is 4.31. The number of hydrogen-bond acceptors (Lipinski definition) is 5. The van der Waals surface area contributed by atoms with Crippen LogP contribution in [0.5, 0.6) is 5.75 Å². The summed E-state index contributed by atoms with van der Waals surface area (Å²) in [5.74, 6) is 0.467. The van der Waals surface area contributed by atoms with Crippen LogP contribution in [0.15, 0.2) is 72.9 Å². The molecule has 2 aromatic carbocycles. The maximum Gasteiger partial charge on any atom is 0.255 e. The molecule has 0 unspecified atom stereocenters. The van der Waals surface area contributed by atoms with Crippen molar-refractivity contribution in [3.8, 4) is 5.75 Å². The Morgan fingerprint density at radius 2 is 1.80 bits per heavy atom. The van der Waals surface area contributed by atoms with E-state index >= 15 is 0 Å². The number of carbonyl (C=O) groups excluding carboxylic acids is 1. The highest BCUT2D eigenvalue weighted by Crippen LogP contribution is 2.19. The van der Waals surface area contributed by atoms with Crippen molar-refractivity contribution < 1.29 is 14.3 Å². The number of nitrogens with zero attached hydrogens (tertiary/aromatic N) is 2. The van der Waals surface area contributed by atoms with E-state index in [-0.39, 0.29) is 11.9 Å². The summed E-state index contributed by atoms with van der Waals surface area (Å²) in [7, 11) is 0. The fraction of sp³-hybridized carbons (Fsp3) is 0.379. The van der Waals surface area contributed by atoms with Crippen molar-refractivity contribution in [1.29, 1.82) is 0 Å². The predicted octanol–water partition coefficient (Wildman–Crippen LogP) is 4.42. The molecule has 0 radical (unpaired) electrons. The van der Waals surface area contributed by atoms with Crippen LogP contribution in [0, 0.1) is 6.92 Å². The van der Waals surface area contributed by atoms with Crippen LogP contribution in [0.1, 0.15) is 40.0 Å². The third-order valence-electron chi connectivity index (χ3n) is 6.28. The molecule has 0 fully saturated rings. The highest BCUT2D eigenvalue weighted by Gasteiger charge is 2.19. The molecular weight excluding hydrogens is 438 g/mol. The number of carbonyl (C=O) groups is 1. The van der Waals surface area contributed by atoms with Crippen molar-refractivity contribution >= 4 is 5.91 Å². The minimum absolute atomic E-state index is 0.119. The molecule has 6 heteroatoms. The van der Waals surface area contributed by atoms with Gasteiger partial charge in [0.1, 0.15) is 12.4 Å². The second kappa shape index (κ2) is 13.0. The highest BCUT2D eigenvalue weighted by molar-refractivity contribution is 5.97. The Hall–Kier alpha value is -3.22. The summed E-state index contributed by atoms with van der Waals surface area (Å²) in [5, 5.41) is 3.18.